The van der Waals surface area contributed by atoms with Gasteiger partial charge in [0.05, 0.1) is 27.6 Å². The Kier molecular flexibility index (Phi) is 6.95. The Morgan fingerprint density at radius 3 is 2.52 bits per heavy atom. The molecule has 146 valence electrons. The molecule has 0 aliphatic rings. The molecule has 10 heteroatoms. The van der Waals surface area contributed by atoms with Crippen LogP contribution in [0, 0.1) is 21.0 Å². The molecule has 2 aromatic rings. The van der Waals surface area contributed by atoms with Gasteiger partial charge in [0.25, 0.3) is 5.91 Å². The van der Waals surface area contributed by atoms with Gasteiger partial charge in [-0.1, -0.05) is 11.6 Å². The molecule has 2 rings (SSSR count). The highest BCUT2D eigenvalue weighted by Crippen LogP contribution is 2.32. The first-order valence-electron chi connectivity index (χ1n) is 7.53. The summed E-state index contributed by atoms with van der Waals surface area (Å²) in [7, 11) is 0. The maximum absolute atomic E-state index is 14.4. The Bertz CT molecular complexity index is 875. The zero-order valence-electron chi connectivity index (χ0n) is 14.2. The number of hydrogen-bond acceptors (Lipinski definition) is 4. The van der Waals surface area contributed by atoms with Crippen LogP contribution in [0.5, 0.6) is 0 Å². The van der Waals surface area contributed by atoms with E-state index in [9.17, 15) is 23.1 Å². The van der Waals surface area contributed by atoms with Gasteiger partial charge in [-0.05, 0) is 60.7 Å². The SMILES string of the molecule is CC(C)(O)CONC(=O)c1cc(Cl)c(F)c(F)c1Nc1ccc(I)cc1F. The van der Waals surface area contributed by atoms with Crippen molar-refractivity contribution in [2.24, 2.45) is 0 Å². The number of anilines is 2. The minimum absolute atomic E-state index is 0.164. The molecule has 0 saturated carbocycles. The van der Waals surface area contributed by atoms with Crippen LogP contribution >= 0.6 is 34.2 Å². The number of halogens is 5. The second-order valence-corrected chi connectivity index (χ2v) is 7.84. The Morgan fingerprint density at radius 1 is 1.26 bits per heavy atom. The molecule has 0 saturated heterocycles. The van der Waals surface area contributed by atoms with Crippen molar-refractivity contribution >= 4 is 51.5 Å². The van der Waals surface area contributed by atoms with Gasteiger partial charge in [-0.2, -0.15) is 0 Å². The number of amides is 1. The van der Waals surface area contributed by atoms with Gasteiger partial charge < -0.3 is 10.4 Å². The minimum atomic E-state index is -1.45. The van der Waals surface area contributed by atoms with Gasteiger partial charge in [0.2, 0.25) is 0 Å². The van der Waals surface area contributed by atoms with E-state index in [4.69, 9.17) is 16.4 Å². The number of carbonyl (C=O) groups excluding carboxylic acids is 1. The summed E-state index contributed by atoms with van der Waals surface area (Å²) in [5, 5.41) is 11.3. The number of carbonyl (C=O) groups is 1. The smallest absolute Gasteiger partial charge is 0.277 e. The second kappa shape index (κ2) is 8.63. The molecule has 1 amide bonds. The lowest BCUT2D eigenvalue weighted by atomic mass is 10.1. The standard InChI is InChI=1S/C17H15ClF3IN2O3/c1-17(2,26)7-27-24-16(25)9-6-10(18)13(20)14(21)15(9)23-12-4-3-8(22)5-11(12)19/h3-6,23,26H,7H2,1-2H3,(H,24,25). The van der Waals surface area contributed by atoms with Crippen LogP contribution in [0.1, 0.15) is 24.2 Å². The largest absolute Gasteiger partial charge is 0.388 e. The van der Waals surface area contributed by atoms with Crippen LogP contribution in [-0.2, 0) is 4.84 Å². The van der Waals surface area contributed by atoms with Crippen molar-refractivity contribution in [1.29, 1.82) is 0 Å². The highest BCUT2D eigenvalue weighted by molar-refractivity contribution is 14.1. The fraction of sp³-hybridized carbons (Fsp3) is 0.235. The maximum Gasteiger partial charge on any atom is 0.277 e. The van der Waals surface area contributed by atoms with Crippen LogP contribution in [-0.4, -0.2) is 23.2 Å². The molecule has 27 heavy (non-hydrogen) atoms. The molecule has 0 fully saturated rings. The van der Waals surface area contributed by atoms with Gasteiger partial charge in [-0.25, -0.2) is 18.7 Å². The summed E-state index contributed by atoms with van der Waals surface area (Å²) in [6, 6.07) is 4.92. The quantitative estimate of drug-likeness (QED) is 0.301. The van der Waals surface area contributed by atoms with E-state index >= 15 is 0 Å². The van der Waals surface area contributed by atoms with E-state index in [1.807, 2.05) is 28.1 Å². The van der Waals surface area contributed by atoms with E-state index in [1.165, 1.54) is 26.0 Å². The molecule has 3 N–H and O–H groups in total. The van der Waals surface area contributed by atoms with Crippen molar-refractivity contribution in [2.45, 2.75) is 19.4 Å². The molecule has 0 aromatic heterocycles. The third-order valence-electron chi connectivity index (χ3n) is 3.19. The van der Waals surface area contributed by atoms with Gasteiger partial charge in [0.1, 0.15) is 12.4 Å². The first kappa shape index (κ1) is 21.7. The first-order chi connectivity index (χ1) is 12.5. The van der Waals surface area contributed by atoms with Crippen molar-refractivity contribution in [3.8, 4) is 0 Å². The van der Waals surface area contributed by atoms with Crippen LogP contribution in [0.15, 0.2) is 24.3 Å². The van der Waals surface area contributed by atoms with Crippen molar-refractivity contribution in [1.82, 2.24) is 5.48 Å². The van der Waals surface area contributed by atoms with Gasteiger partial charge in [0, 0.05) is 3.57 Å². The normalized spacial score (nSPS) is 11.4. The lowest BCUT2D eigenvalue weighted by Crippen LogP contribution is -2.33. The van der Waals surface area contributed by atoms with E-state index in [1.54, 1.807) is 6.07 Å². The molecule has 0 radical (unpaired) electrons. The second-order valence-electron chi connectivity index (χ2n) is 6.19. The summed E-state index contributed by atoms with van der Waals surface area (Å²) in [5.74, 6) is -4.53. The van der Waals surface area contributed by atoms with E-state index < -0.39 is 45.2 Å². The first-order valence-corrected chi connectivity index (χ1v) is 8.99. The molecule has 0 heterocycles. The van der Waals surface area contributed by atoms with Crippen LogP contribution in [0.3, 0.4) is 0 Å². The number of aliphatic hydroxyl groups is 1. The average molecular weight is 515 g/mol. The number of hydrogen-bond donors (Lipinski definition) is 3. The summed E-state index contributed by atoms with van der Waals surface area (Å²) in [6.07, 6.45) is 0. The van der Waals surface area contributed by atoms with Gasteiger partial charge in [-0.3, -0.25) is 9.63 Å². The topological polar surface area (TPSA) is 70.6 Å². The molecule has 5 nitrogen and oxygen atoms in total. The zero-order chi connectivity index (χ0) is 20.4. The van der Waals surface area contributed by atoms with Gasteiger partial charge in [-0.15, -0.1) is 0 Å². The number of rotatable bonds is 6. The van der Waals surface area contributed by atoms with Crippen molar-refractivity contribution in [3.05, 3.63) is 55.9 Å². The van der Waals surface area contributed by atoms with Crippen LogP contribution in [0.4, 0.5) is 24.5 Å². The van der Waals surface area contributed by atoms with Crippen molar-refractivity contribution in [2.75, 3.05) is 11.9 Å². The summed E-state index contributed by atoms with van der Waals surface area (Å²) < 4.78 is 42.9. The molecule has 0 spiro atoms. The Labute approximate surface area is 171 Å². The monoisotopic (exact) mass is 514 g/mol. The molecule has 0 unspecified atom stereocenters. The van der Waals surface area contributed by atoms with Crippen LogP contribution in [0.25, 0.3) is 0 Å². The number of nitrogens with one attached hydrogen (secondary N) is 2. The van der Waals surface area contributed by atoms with Crippen LogP contribution in [0.2, 0.25) is 5.02 Å². The third-order valence-corrected chi connectivity index (χ3v) is 4.13. The summed E-state index contributed by atoms with van der Waals surface area (Å²) in [5.41, 5.74) is -0.418. The van der Waals surface area contributed by atoms with Crippen LogP contribution < -0.4 is 10.8 Å². The highest BCUT2D eigenvalue weighted by atomic mass is 127. The third kappa shape index (κ3) is 5.71. The molecule has 0 atom stereocenters. The molecule has 0 aliphatic carbocycles. The Balaban J connectivity index is 2.37. The fourth-order valence-electron chi connectivity index (χ4n) is 1.96. The lowest BCUT2D eigenvalue weighted by Gasteiger charge is -2.18. The zero-order valence-corrected chi connectivity index (χ0v) is 17.1. The molecular formula is C17H15ClF3IN2O3. The summed E-state index contributed by atoms with van der Waals surface area (Å²) in [6.45, 7) is 2.63. The Hall–Kier alpha value is -1.56. The maximum atomic E-state index is 14.4. The van der Waals surface area contributed by atoms with Gasteiger partial charge >= 0.3 is 0 Å². The molecular weight excluding hydrogens is 500 g/mol. The number of benzene rings is 2. The molecule has 0 bridgehead atoms. The van der Waals surface area contributed by atoms with Gasteiger partial charge in [0.15, 0.2) is 11.6 Å². The lowest BCUT2D eigenvalue weighted by molar-refractivity contribution is -0.0522. The molecule has 0 aliphatic heterocycles. The highest BCUT2D eigenvalue weighted by Gasteiger charge is 2.24. The van der Waals surface area contributed by atoms with Crippen molar-refractivity contribution < 1.29 is 27.9 Å². The van der Waals surface area contributed by atoms with Crippen molar-refractivity contribution in [3.63, 3.8) is 0 Å². The van der Waals surface area contributed by atoms with E-state index in [2.05, 4.69) is 5.32 Å². The number of hydroxylamine groups is 1. The van der Waals surface area contributed by atoms with E-state index in [-0.39, 0.29) is 12.3 Å². The minimum Gasteiger partial charge on any atom is -0.388 e. The Morgan fingerprint density at radius 2 is 1.93 bits per heavy atom. The predicted octanol–water partition coefficient (Wildman–Crippen LogP) is 4.54. The predicted molar refractivity (Wildman–Crippen MR) is 103 cm³/mol. The summed E-state index contributed by atoms with van der Waals surface area (Å²) in [4.78, 5) is 17.2. The molecule has 2 aromatic carbocycles. The fourth-order valence-corrected chi connectivity index (χ4v) is 2.60. The van der Waals surface area contributed by atoms with E-state index in [0.29, 0.717) is 3.57 Å². The van der Waals surface area contributed by atoms with E-state index in [0.717, 1.165) is 6.07 Å². The average Bonchev–Trinajstić information content (AvgIpc) is 2.55. The summed E-state index contributed by atoms with van der Waals surface area (Å²) >= 11 is 7.51.